The first-order valence-corrected chi connectivity index (χ1v) is 6.07. The molecule has 1 rings (SSSR count). The molecular formula is C9H8Br2ClNO2. The molecule has 0 fully saturated rings. The Balaban J connectivity index is 2.93. The van der Waals surface area contributed by atoms with E-state index in [1.54, 1.807) is 19.1 Å². The minimum absolute atomic E-state index is 0.0897. The van der Waals surface area contributed by atoms with E-state index < -0.39 is 5.38 Å². The standard InChI is InChI=1S/C9H8Br2ClNO2/c1-4(12)9(15)13-5-2-6(10)8(14)7(11)3-5/h2-4,14H,1H3,(H,13,15)/t4-/m0/s1. The van der Waals surface area contributed by atoms with E-state index in [0.717, 1.165) is 0 Å². The minimum Gasteiger partial charge on any atom is -0.506 e. The van der Waals surface area contributed by atoms with Crippen molar-refractivity contribution in [3.05, 3.63) is 21.1 Å². The summed E-state index contributed by atoms with van der Waals surface area (Å²) >= 11 is 11.9. The lowest BCUT2D eigenvalue weighted by molar-refractivity contribution is -0.115. The zero-order chi connectivity index (χ0) is 11.6. The number of aromatic hydroxyl groups is 1. The molecule has 3 nitrogen and oxygen atoms in total. The van der Waals surface area contributed by atoms with Gasteiger partial charge in [-0.05, 0) is 50.9 Å². The van der Waals surface area contributed by atoms with Crippen LogP contribution >= 0.6 is 43.5 Å². The molecule has 0 heterocycles. The van der Waals surface area contributed by atoms with Crippen LogP contribution in [0, 0.1) is 0 Å². The van der Waals surface area contributed by atoms with Crippen molar-refractivity contribution in [2.24, 2.45) is 0 Å². The van der Waals surface area contributed by atoms with Crippen LogP contribution in [0.25, 0.3) is 0 Å². The van der Waals surface area contributed by atoms with Crippen LogP contribution in [0.2, 0.25) is 0 Å². The van der Waals surface area contributed by atoms with Crippen LogP contribution in [0.4, 0.5) is 5.69 Å². The zero-order valence-corrected chi connectivity index (χ0v) is 11.6. The predicted octanol–water partition coefficient (Wildman–Crippen LogP) is 3.48. The Labute approximate surface area is 109 Å². The molecule has 1 atom stereocenters. The van der Waals surface area contributed by atoms with E-state index in [-0.39, 0.29) is 11.7 Å². The third-order valence-electron chi connectivity index (χ3n) is 1.65. The van der Waals surface area contributed by atoms with Crippen LogP contribution in [0.3, 0.4) is 0 Å². The number of carbonyl (C=O) groups is 1. The van der Waals surface area contributed by atoms with E-state index in [0.29, 0.717) is 14.6 Å². The van der Waals surface area contributed by atoms with Gasteiger partial charge < -0.3 is 10.4 Å². The molecule has 2 N–H and O–H groups in total. The van der Waals surface area contributed by atoms with Crippen molar-refractivity contribution in [2.45, 2.75) is 12.3 Å². The number of rotatable bonds is 2. The van der Waals surface area contributed by atoms with Crippen LogP contribution < -0.4 is 5.32 Å². The Morgan fingerprint density at radius 1 is 1.47 bits per heavy atom. The molecule has 0 spiro atoms. The molecule has 0 radical (unpaired) electrons. The number of anilines is 1. The quantitative estimate of drug-likeness (QED) is 0.629. The molecule has 0 saturated carbocycles. The summed E-state index contributed by atoms with van der Waals surface area (Å²) in [6.45, 7) is 1.58. The van der Waals surface area contributed by atoms with E-state index in [1.807, 2.05) is 0 Å². The van der Waals surface area contributed by atoms with Gasteiger partial charge in [0.1, 0.15) is 11.1 Å². The minimum atomic E-state index is -0.601. The average molecular weight is 357 g/mol. The molecule has 1 aromatic carbocycles. The number of hydrogen-bond donors (Lipinski definition) is 2. The summed E-state index contributed by atoms with van der Waals surface area (Å²) in [4.78, 5) is 11.3. The third kappa shape index (κ3) is 3.36. The summed E-state index contributed by atoms with van der Waals surface area (Å²) in [6, 6.07) is 3.19. The van der Waals surface area contributed by atoms with Crippen molar-refractivity contribution in [1.82, 2.24) is 0 Å². The summed E-state index contributed by atoms with van der Waals surface area (Å²) in [5.41, 5.74) is 0.559. The van der Waals surface area contributed by atoms with E-state index >= 15 is 0 Å². The Bertz CT molecular complexity index is 373. The van der Waals surface area contributed by atoms with Gasteiger partial charge in [-0.3, -0.25) is 4.79 Å². The fourth-order valence-corrected chi connectivity index (χ4v) is 2.12. The van der Waals surface area contributed by atoms with Crippen LogP contribution in [0.15, 0.2) is 21.1 Å². The highest BCUT2D eigenvalue weighted by molar-refractivity contribution is 9.11. The summed E-state index contributed by atoms with van der Waals surface area (Å²) in [7, 11) is 0. The monoisotopic (exact) mass is 355 g/mol. The van der Waals surface area contributed by atoms with Gasteiger partial charge in [-0.15, -0.1) is 11.6 Å². The maximum absolute atomic E-state index is 11.3. The number of hydrogen-bond acceptors (Lipinski definition) is 2. The zero-order valence-electron chi connectivity index (χ0n) is 7.72. The molecule has 82 valence electrons. The van der Waals surface area contributed by atoms with Crippen molar-refractivity contribution >= 4 is 55.1 Å². The average Bonchev–Trinajstić information content (AvgIpc) is 2.13. The predicted molar refractivity (Wildman–Crippen MR) is 67.5 cm³/mol. The second-order valence-corrected chi connectivity index (χ2v) is 5.26. The summed E-state index contributed by atoms with van der Waals surface area (Å²) in [5, 5.41) is 11.4. The topological polar surface area (TPSA) is 49.3 Å². The van der Waals surface area contributed by atoms with Crippen molar-refractivity contribution in [2.75, 3.05) is 5.32 Å². The molecule has 0 aliphatic heterocycles. The van der Waals surface area contributed by atoms with Crippen LogP contribution in [0.1, 0.15) is 6.92 Å². The molecule has 0 aromatic heterocycles. The van der Waals surface area contributed by atoms with E-state index in [2.05, 4.69) is 37.2 Å². The number of alkyl halides is 1. The van der Waals surface area contributed by atoms with Gasteiger partial charge in [0.05, 0.1) is 8.95 Å². The lowest BCUT2D eigenvalue weighted by Gasteiger charge is -2.08. The number of phenolic OH excluding ortho intramolecular Hbond substituents is 1. The van der Waals surface area contributed by atoms with Gasteiger partial charge in [-0.2, -0.15) is 0 Å². The number of benzene rings is 1. The largest absolute Gasteiger partial charge is 0.506 e. The summed E-state index contributed by atoms with van der Waals surface area (Å²) in [6.07, 6.45) is 0. The molecule has 0 saturated heterocycles. The second kappa shape index (κ2) is 5.18. The Morgan fingerprint density at radius 2 is 1.93 bits per heavy atom. The maximum atomic E-state index is 11.3. The highest BCUT2D eigenvalue weighted by Gasteiger charge is 2.11. The van der Waals surface area contributed by atoms with Gasteiger partial charge in [0, 0.05) is 5.69 Å². The molecule has 0 aliphatic carbocycles. The van der Waals surface area contributed by atoms with E-state index in [1.165, 1.54) is 0 Å². The lowest BCUT2D eigenvalue weighted by atomic mass is 10.3. The Hall–Kier alpha value is -0.260. The molecule has 1 amide bonds. The molecule has 1 aromatic rings. The van der Waals surface area contributed by atoms with Crippen molar-refractivity contribution < 1.29 is 9.90 Å². The van der Waals surface area contributed by atoms with Crippen molar-refractivity contribution in [3.63, 3.8) is 0 Å². The molecule has 0 aliphatic rings. The van der Waals surface area contributed by atoms with Gasteiger partial charge in [0.15, 0.2) is 0 Å². The van der Waals surface area contributed by atoms with Gasteiger partial charge in [0.25, 0.3) is 0 Å². The normalized spacial score (nSPS) is 12.3. The van der Waals surface area contributed by atoms with Crippen molar-refractivity contribution in [3.8, 4) is 5.75 Å². The smallest absolute Gasteiger partial charge is 0.242 e. The van der Waals surface area contributed by atoms with Gasteiger partial charge in [-0.25, -0.2) is 0 Å². The van der Waals surface area contributed by atoms with Gasteiger partial charge >= 0.3 is 0 Å². The number of halogens is 3. The first-order chi connectivity index (χ1) is 6.91. The Morgan fingerprint density at radius 3 is 2.33 bits per heavy atom. The second-order valence-electron chi connectivity index (χ2n) is 2.89. The van der Waals surface area contributed by atoms with E-state index in [4.69, 9.17) is 11.6 Å². The third-order valence-corrected chi connectivity index (χ3v) is 3.05. The van der Waals surface area contributed by atoms with Gasteiger partial charge in [-0.1, -0.05) is 0 Å². The molecular weight excluding hydrogens is 349 g/mol. The highest BCUT2D eigenvalue weighted by Crippen LogP contribution is 2.35. The number of amides is 1. The fourth-order valence-electron chi connectivity index (χ4n) is 0.879. The SMILES string of the molecule is C[C@H](Cl)C(=O)Nc1cc(Br)c(O)c(Br)c1. The summed E-state index contributed by atoms with van der Waals surface area (Å²) in [5.74, 6) is -0.201. The van der Waals surface area contributed by atoms with Gasteiger partial charge in [0.2, 0.25) is 5.91 Å². The first kappa shape index (κ1) is 12.8. The van der Waals surface area contributed by atoms with Crippen LogP contribution in [0.5, 0.6) is 5.75 Å². The Kier molecular flexibility index (Phi) is 4.43. The molecule has 15 heavy (non-hydrogen) atoms. The molecule has 0 bridgehead atoms. The first-order valence-electron chi connectivity index (χ1n) is 4.04. The number of carbonyl (C=O) groups excluding carboxylic acids is 1. The molecule has 0 unspecified atom stereocenters. The molecule has 6 heteroatoms. The summed E-state index contributed by atoms with van der Waals surface area (Å²) < 4.78 is 0.990. The number of nitrogens with one attached hydrogen (secondary N) is 1. The van der Waals surface area contributed by atoms with E-state index in [9.17, 15) is 9.90 Å². The van der Waals surface area contributed by atoms with Crippen molar-refractivity contribution in [1.29, 1.82) is 0 Å². The highest BCUT2D eigenvalue weighted by atomic mass is 79.9. The maximum Gasteiger partial charge on any atom is 0.242 e. The van der Waals surface area contributed by atoms with Crippen LogP contribution in [-0.4, -0.2) is 16.4 Å². The fraction of sp³-hybridized carbons (Fsp3) is 0.222. The van der Waals surface area contributed by atoms with Crippen LogP contribution in [-0.2, 0) is 4.79 Å². The number of phenols is 1. The lowest BCUT2D eigenvalue weighted by Crippen LogP contribution is -2.20.